The molecule has 0 bridgehead atoms. The summed E-state index contributed by atoms with van der Waals surface area (Å²) in [6.45, 7) is 1.65. The van der Waals surface area contributed by atoms with E-state index in [1.807, 2.05) is 6.92 Å². The minimum Gasteiger partial charge on any atom is -0.385 e. The predicted molar refractivity (Wildman–Crippen MR) is 55.8 cm³/mol. The third-order valence-corrected chi connectivity index (χ3v) is 2.65. The van der Waals surface area contributed by atoms with Crippen LogP contribution in [0.1, 0.15) is 13.3 Å². The van der Waals surface area contributed by atoms with Crippen LogP contribution in [0, 0.1) is 5.92 Å². The third-order valence-electron chi connectivity index (χ3n) is 2.65. The number of ketones is 1. The molecule has 0 aromatic rings. The molecule has 0 saturated carbocycles. The Hall–Kier alpha value is -1.24. The summed E-state index contributed by atoms with van der Waals surface area (Å²) >= 11 is 0. The number of nitrogens with one attached hydrogen (secondary N) is 1. The van der Waals surface area contributed by atoms with Crippen LogP contribution < -0.4 is 5.32 Å². The first-order valence-electron chi connectivity index (χ1n) is 5.49. The first-order chi connectivity index (χ1) is 7.97. The summed E-state index contributed by atoms with van der Waals surface area (Å²) in [6.07, 6.45) is -3.78. The molecular weight excluding hydrogens is 234 g/mol. The van der Waals surface area contributed by atoms with Crippen molar-refractivity contribution in [1.29, 1.82) is 0 Å². The van der Waals surface area contributed by atoms with Gasteiger partial charge in [0.15, 0.2) is 5.78 Å². The van der Waals surface area contributed by atoms with Crippen molar-refractivity contribution in [3.63, 3.8) is 0 Å². The molecule has 1 fully saturated rings. The van der Waals surface area contributed by atoms with Gasteiger partial charge in [-0.25, -0.2) is 13.6 Å². The minimum absolute atomic E-state index is 0.305. The number of carbonyl (C=O) groups is 2. The highest BCUT2D eigenvalue weighted by molar-refractivity contribution is 5.90. The van der Waals surface area contributed by atoms with E-state index in [1.54, 1.807) is 0 Å². The van der Waals surface area contributed by atoms with Crippen molar-refractivity contribution < 1.29 is 23.5 Å². The van der Waals surface area contributed by atoms with Gasteiger partial charge in [0.05, 0.1) is 12.5 Å². The highest BCUT2D eigenvalue weighted by Crippen LogP contribution is 2.21. The van der Waals surface area contributed by atoms with E-state index in [0.29, 0.717) is 13.0 Å². The molecule has 2 atom stereocenters. The molecule has 17 heavy (non-hydrogen) atoms. The maximum atomic E-state index is 12.6. The number of Topliss-reactive ketones (excluding diaryl/α,β-unsaturated/α-hetero) is 1. The predicted octanol–water partition coefficient (Wildman–Crippen LogP) is 0.233. The molecule has 1 saturated heterocycles. The number of urea groups is 1. The molecule has 1 heterocycles. The van der Waals surface area contributed by atoms with Gasteiger partial charge >= 0.3 is 6.03 Å². The van der Waals surface area contributed by atoms with Crippen molar-refractivity contribution in [1.82, 2.24) is 10.2 Å². The molecule has 0 unspecified atom stereocenters. The third kappa shape index (κ3) is 3.36. The Morgan fingerprint density at radius 1 is 1.65 bits per heavy atom. The number of hydrogen-bond acceptors (Lipinski definition) is 3. The average Bonchev–Trinajstić information content (AvgIpc) is 2.28. The molecule has 1 rings (SSSR count). The first kappa shape index (κ1) is 13.8. The summed E-state index contributed by atoms with van der Waals surface area (Å²) in [5.41, 5.74) is 0. The van der Waals surface area contributed by atoms with Gasteiger partial charge in [-0.2, -0.15) is 0 Å². The fourth-order valence-corrected chi connectivity index (χ4v) is 1.66. The van der Waals surface area contributed by atoms with E-state index in [4.69, 9.17) is 0 Å². The van der Waals surface area contributed by atoms with Crippen molar-refractivity contribution in [3.05, 3.63) is 0 Å². The Kier molecular flexibility index (Phi) is 4.80. The lowest BCUT2D eigenvalue weighted by Gasteiger charge is -2.34. The van der Waals surface area contributed by atoms with E-state index in [-0.39, 0.29) is 13.1 Å². The summed E-state index contributed by atoms with van der Waals surface area (Å²) in [5.74, 6) is -2.24. The highest BCUT2D eigenvalue weighted by atomic mass is 19.3. The number of hydrogen-bond donors (Lipinski definition) is 2. The van der Waals surface area contributed by atoms with E-state index in [9.17, 15) is 23.5 Å². The standard InChI is InChI=1S/C10H16F2N2O3/c1-2-3-13-10(17)14-4-6(9(11)12)8(16)7(15)5-14/h6,8-9,16H,2-5H2,1H3,(H,13,17)/t6-,8+/m0/s1. The zero-order chi connectivity index (χ0) is 13.0. The Labute approximate surface area is 97.8 Å². The molecule has 2 N–H and O–H groups in total. The zero-order valence-electron chi connectivity index (χ0n) is 9.53. The number of amides is 2. The number of halogens is 2. The number of alkyl halides is 2. The zero-order valence-corrected chi connectivity index (χ0v) is 9.53. The quantitative estimate of drug-likeness (QED) is 0.753. The van der Waals surface area contributed by atoms with Crippen molar-refractivity contribution >= 4 is 11.8 Å². The second kappa shape index (κ2) is 5.90. The monoisotopic (exact) mass is 250 g/mol. The fraction of sp³-hybridized carbons (Fsp3) is 0.800. The van der Waals surface area contributed by atoms with Gasteiger partial charge < -0.3 is 15.3 Å². The van der Waals surface area contributed by atoms with Crippen LogP contribution in [0.25, 0.3) is 0 Å². The van der Waals surface area contributed by atoms with Crippen LogP contribution in [-0.2, 0) is 4.79 Å². The molecule has 2 amide bonds. The van der Waals surface area contributed by atoms with E-state index in [0.717, 1.165) is 4.90 Å². The topological polar surface area (TPSA) is 69.6 Å². The molecule has 0 radical (unpaired) electrons. The molecule has 1 aliphatic rings. The maximum absolute atomic E-state index is 12.6. The number of aliphatic hydroxyl groups excluding tert-OH is 1. The van der Waals surface area contributed by atoms with Gasteiger partial charge in [0.1, 0.15) is 6.10 Å². The number of piperidine rings is 1. The van der Waals surface area contributed by atoms with Gasteiger partial charge in [-0.15, -0.1) is 0 Å². The normalized spacial score (nSPS) is 25.2. The molecule has 0 aromatic carbocycles. The average molecular weight is 250 g/mol. The van der Waals surface area contributed by atoms with Crippen LogP contribution in [0.5, 0.6) is 0 Å². The Morgan fingerprint density at radius 3 is 2.82 bits per heavy atom. The molecule has 7 heteroatoms. The molecule has 0 spiro atoms. The van der Waals surface area contributed by atoms with Crippen molar-refractivity contribution in [2.75, 3.05) is 19.6 Å². The number of carbonyl (C=O) groups excluding carboxylic acids is 2. The van der Waals surface area contributed by atoms with Crippen molar-refractivity contribution in [3.8, 4) is 0 Å². The van der Waals surface area contributed by atoms with E-state index < -0.39 is 30.3 Å². The lowest BCUT2D eigenvalue weighted by Crippen LogP contribution is -2.56. The van der Waals surface area contributed by atoms with Gasteiger partial charge in [-0.3, -0.25) is 4.79 Å². The molecular formula is C10H16F2N2O3. The van der Waals surface area contributed by atoms with Gasteiger partial charge in [0, 0.05) is 13.1 Å². The molecule has 1 aliphatic heterocycles. The van der Waals surface area contributed by atoms with E-state index in [1.165, 1.54) is 0 Å². The molecule has 98 valence electrons. The van der Waals surface area contributed by atoms with Crippen molar-refractivity contribution in [2.45, 2.75) is 25.9 Å². The summed E-state index contributed by atoms with van der Waals surface area (Å²) < 4.78 is 25.1. The first-order valence-corrected chi connectivity index (χ1v) is 5.49. The summed E-state index contributed by atoms with van der Waals surface area (Å²) in [6, 6.07) is -0.544. The molecule has 0 aromatic heterocycles. The van der Waals surface area contributed by atoms with E-state index >= 15 is 0 Å². The minimum atomic E-state index is -2.82. The number of likely N-dealkylation sites (tertiary alicyclic amines) is 1. The lowest BCUT2D eigenvalue weighted by molar-refractivity contribution is -0.140. The number of aliphatic hydroxyl groups is 1. The van der Waals surface area contributed by atoms with Crippen LogP contribution in [-0.4, -0.2) is 54.0 Å². The van der Waals surface area contributed by atoms with Gasteiger partial charge in [-0.1, -0.05) is 6.92 Å². The molecule has 0 aliphatic carbocycles. The van der Waals surface area contributed by atoms with Crippen LogP contribution in [0.15, 0.2) is 0 Å². The number of rotatable bonds is 3. The number of nitrogens with zero attached hydrogens (tertiary/aromatic N) is 1. The van der Waals surface area contributed by atoms with E-state index in [2.05, 4.69) is 5.32 Å². The van der Waals surface area contributed by atoms with Crippen LogP contribution in [0.3, 0.4) is 0 Å². The lowest BCUT2D eigenvalue weighted by atomic mass is 9.94. The van der Waals surface area contributed by atoms with Gasteiger partial charge in [0.25, 0.3) is 0 Å². The SMILES string of the molecule is CCCNC(=O)N1CC(=O)[C@H](O)[C@@H](C(F)F)C1. The summed E-state index contributed by atoms with van der Waals surface area (Å²) in [4.78, 5) is 23.8. The summed E-state index contributed by atoms with van der Waals surface area (Å²) in [5, 5.41) is 11.8. The second-order valence-electron chi connectivity index (χ2n) is 4.02. The second-order valence-corrected chi connectivity index (χ2v) is 4.02. The fourth-order valence-electron chi connectivity index (χ4n) is 1.66. The Bertz CT molecular complexity index is 299. The van der Waals surface area contributed by atoms with Crippen LogP contribution in [0.2, 0.25) is 0 Å². The Morgan fingerprint density at radius 2 is 2.29 bits per heavy atom. The van der Waals surface area contributed by atoms with Crippen LogP contribution in [0.4, 0.5) is 13.6 Å². The highest BCUT2D eigenvalue weighted by Gasteiger charge is 2.41. The summed E-state index contributed by atoms with van der Waals surface area (Å²) in [7, 11) is 0. The Balaban J connectivity index is 2.64. The largest absolute Gasteiger partial charge is 0.385 e. The molecule has 5 nitrogen and oxygen atoms in total. The van der Waals surface area contributed by atoms with Gasteiger partial charge in [-0.05, 0) is 6.42 Å². The maximum Gasteiger partial charge on any atom is 0.317 e. The van der Waals surface area contributed by atoms with Crippen molar-refractivity contribution in [2.24, 2.45) is 5.92 Å². The smallest absolute Gasteiger partial charge is 0.317 e. The van der Waals surface area contributed by atoms with Crippen LogP contribution >= 0.6 is 0 Å². The van der Waals surface area contributed by atoms with Gasteiger partial charge in [0.2, 0.25) is 6.43 Å².